The van der Waals surface area contributed by atoms with E-state index in [2.05, 4.69) is 5.32 Å². The lowest BCUT2D eigenvalue weighted by Crippen LogP contribution is -2.44. The topological polar surface area (TPSA) is 50.8 Å². The van der Waals surface area contributed by atoms with Gasteiger partial charge in [-0.3, -0.25) is 10.1 Å². The number of hydrogen-bond donors (Lipinski definition) is 1. The van der Waals surface area contributed by atoms with E-state index in [1.54, 1.807) is 26.0 Å². The monoisotopic (exact) mass is 310 g/mol. The molecule has 0 spiro atoms. The Bertz CT molecular complexity index is 490. The van der Waals surface area contributed by atoms with Gasteiger partial charge in [0.1, 0.15) is 0 Å². The number of hydrogen-bond acceptors (Lipinski definition) is 5. The van der Waals surface area contributed by atoms with Crippen molar-refractivity contribution in [3.05, 3.63) is 23.8 Å². The minimum absolute atomic E-state index is 0.0601. The first-order chi connectivity index (χ1) is 10.2. The smallest absolute Gasteiger partial charge is 0.240 e. The Balaban J connectivity index is 2.09. The fourth-order valence-corrected chi connectivity index (χ4v) is 3.25. The summed E-state index contributed by atoms with van der Waals surface area (Å²) in [6, 6.07) is 5.70. The highest BCUT2D eigenvalue weighted by atomic mass is 32.2. The zero-order chi connectivity index (χ0) is 15.2. The molecule has 0 unspecified atom stereocenters. The second kappa shape index (κ2) is 7.56. The van der Waals surface area contributed by atoms with Gasteiger partial charge < -0.3 is 14.4 Å². The third-order valence-electron chi connectivity index (χ3n) is 3.53. The summed E-state index contributed by atoms with van der Waals surface area (Å²) in [7, 11) is 3.23. The average Bonchev–Trinajstić information content (AvgIpc) is 3.06. The number of carbonyl (C=O) groups is 1. The fraction of sp³-hybridized carbons (Fsp3) is 0.533. The maximum atomic E-state index is 12.5. The van der Waals surface area contributed by atoms with Gasteiger partial charge in [-0.25, -0.2) is 0 Å². The first-order valence-corrected chi connectivity index (χ1v) is 8.15. The van der Waals surface area contributed by atoms with Crippen molar-refractivity contribution in [2.75, 3.05) is 32.4 Å². The highest BCUT2D eigenvalue weighted by Gasteiger charge is 2.26. The number of likely N-dealkylation sites (N-methyl/N-ethyl adjacent to an activating group) is 1. The highest BCUT2D eigenvalue weighted by Crippen LogP contribution is 2.28. The lowest BCUT2D eigenvalue weighted by Gasteiger charge is -2.24. The lowest BCUT2D eigenvalue weighted by molar-refractivity contribution is -0.133. The molecule has 0 aliphatic carbocycles. The Kier molecular flexibility index (Phi) is 5.76. The van der Waals surface area contributed by atoms with Gasteiger partial charge in [0.05, 0.1) is 20.3 Å². The summed E-state index contributed by atoms with van der Waals surface area (Å²) in [5, 5.41) is 3.22. The van der Waals surface area contributed by atoms with Crippen molar-refractivity contribution >= 4 is 17.7 Å². The molecule has 1 saturated heterocycles. The predicted molar refractivity (Wildman–Crippen MR) is 84.9 cm³/mol. The average molecular weight is 310 g/mol. The number of amides is 1. The SMILES string of the molecule is CCN(Cc1ccc(OC)c(OC)c1)C(=O)[C@H]1CSCN1. The molecule has 1 aliphatic heterocycles. The standard InChI is InChI=1S/C15H22N2O3S/c1-4-17(15(18)12-9-21-10-16-12)8-11-5-6-13(19-2)14(7-11)20-3/h5-7,12,16H,4,8-10H2,1-3H3/t12-/m1/s1. The molecule has 1 aromatic rings. The third-order valence-corrected chi connectivity index (χ3v) is 4.47. The number of carbonyl (C=O) groups excluding carboxylic acids is 1. The van der Waals surface area contributed by atoms with Gasteiger partial charge in [-0.2, -0.15) is 0 Å². The molecule has 0 saturated carbocycles. The van der Waals surface area contributed by atoms with Gasteiger partial charge in [0.2, 0.25) is 5.91 Å². The summed E-state index contributed by atoms with van der Waals surface area (Å²) < 4.78 is 10.5. The van der Waals surface area contributed by atoms with Crippen LogP contribution in [0.3, 0.4) is 0 Å². The number of methoxy groups -OCH3 is 2. The van der Waals surface area contributed by atoms with Gasteiger partial charge in [-0.05, 0) is 24.6 Å². The summed E-state index contributed by atoms with van der Waals surface area (Å²) in [6.07, 6.45) is 0. The summed E-state index contributed by atoms with van der Waals surface area (Å²) in [4.78, 5) is 14.3. The van der Waals surface area contributed by atoms with Crippen LogP contribution in [-0.4, -0.2) is 49.2 Å². The van der Waals surface area contributed by atoms with Crippen LogP contribution in [0.5, 0.6) is 11.5 Å². The largest absolute Gasteiger partial charge is 0.493 e. The molecule has 116 valence electrons. The number of ether oxygens (including phenoxy) is 2. The highest BCUT2D eigenvalue weighted by molar-refractivity contribution is 7.99. The summed E-state index contributed by atoms with van der Waals surface area (Å²) in [6.45, 7) is 3.27. The van der Waals surface area contributed by atoms with E-state index in [1.165, 1.54) is 0 Å². The molecule has 1 aromatic carbocycles. The van der Waals surface area contributed by atoms with Gasteiger partial charge >= 0.3 is 0 Å². The van der Waals surface area contributed by atoms with Crippen LogP contribution in [0, 0.1) is 0 Å². The molecule has 5 nitrogen and oxygen atoms in total. The number of benzene rings is 1. The minimum Gasteiger partial charge on any atom is -0.493 e. The molecular formula is C15H22N2O3S. The summed E-state index contributed by atoms with van der Waals surface area (Å²) in [5.74, 6) is 3.25. The predicted octanol–water partition coefficient (Wildman–Crippen LogP) is 1.71. The van der Waals surface area contributed by atoms with Gasteiger partial charge in [0, 0.05) is 24.7 Å². The van der Waals surface area contributed by atoms with E-state index in [0.717, 1.165) is 17.2 Å². The molecule has 1 aliphatic rings. The first kappa shape index (κ1) is 16.0. The van der Waals surface area contributed by atoms with Crippen molar-refractivity contribution < 1.29 is 14.3 Å². The van der Waals surface area contributed by atoms with E-state index in [0.29, 0.717) is 24.6 Å². The van der Waals surface area contributed by atoms with Gasteiger partial charge in [0.15, 0.2) is 11.5 Å². The number of thioether (sulfide) groups is 1. The Morgan fingerprint density at radius 1 is 1.38 bits per heavy atom. The molecular weight excluding hydrogens is 288 g/mol. The van der Waals surface area contributed by atoms with Crippen molar-refractivity contribution in [1.29, 1.82) is 0 Å². The van der Waals surface area contributed by atoms with E-state index in [-0.39, 0.29) is 11.9 Å². The van der Waals surface area contributed by atoms with Crippen molar-refractivity contribution in [3.8, 4) is 11.5 Å². The van der Waals surface area contributed by atoms with Crippen LogP contribution in [0.25, 0.3) is 0 Å². The zero-order valence-corrected chi connectivity index (χ0v) is 13.5. The third kappa shape index (κ3) is 3.83. The van der Waals surface area contributed by atoms with Crippen LogP contribution in [0.4, 0.5) is 0 Å². The van der Waals surface area contributed by atoms with Crippen LogP contribution in [-0.2, 0) is 11.3 Å². The van der Waals surface area contributed by atoms with Crippen LogP contribution in [0.1, 0.15) is 12.5 Å². The van der Waals surface area contributed by atoms with E-state index < -0.39 is 0 Å². The van der Waals surface area contributed by atoms with Crippen LogP contribution < -0.4 is 14.8 Å². The molecule has 1 amide bonds. The van der Waals surface area contributed by atoms with Crippen molar-refractivity contribution in [1.82, 2.24) is 10.2 Å². The Hall–Kier alpha value is -1.40. The molecule has 2 rings (SSSR count). The second-order valence-electron chi connectivity index (χ2n) is 4.81. The lowest BCUT2D eigenvalue weighted by atomic mass is 10.1. The van der Waals surface area contributed by atoms with E-state index >= 15 is 0 Å². The Morgan fingerprint density at radius 3 is 2.71 bits per heavy atom. The van der Waals surface area contributed by atoms with Crippen molar-refractivity contribution in [3.63, 3.8) is 0 Å². The number of nitrogens with one attached hydrogen (secondary N) is 1. The maximum Gasteiger partial charge on any atom is 0.240 e. The van der Waals surface area contributed by atoms with Crippen LogP contribution in [0.15, 0.2) is 18.2 Å². The van der Waals surface area contributed by atoms with E-state index in [1.807, 2.05) is 30.0 Å². The minimum atomic E-state index is -0.0601. The Labute approximate surface area is 130 Å². The summed E-state index contributed by atoms with van der Waals surface area (Å²) in [5.41, 5.74) is 1.04. The van der Waals surface area contributed by atoms with E-state index in [9.17, 15) is 4.79 Å². The zero-order valence-electron chi connectivity index (χ0n) is 12.7. The number of rotatable bonds is 6. The molecule has 0 bridgehead atoms. The molecule has 0 radical (unpaired) electrons. The molecule has 1 atom stereocenters. The quantitative estimate of drug-likeness (QED) is 0.867. The molecule has 1 fully saturated rings. The van der Waals surface area contributed by atoms with Crippen LogP contribution >= 0.6 is 11.8 Å². The Morgan fingerprint density at radius 2 is 2.14 bits per heavy atom. The first-order valence-electron chi connectivity index (χ1n) is 7.00. The molecule has 1 N–H and O–H groups in total. The van der Waals surface area contributed by atoms with Gasteiger partial charge in [0.25, 0.3) is 0 Å². The number of nitrogens with zero attached hydrogens (tertiary/aromatic N) is 1. The normalized spacial score (nSPS) is 17.6. The molecule has 0 aromatic heterocycles. The van der Waals surface area contributed by atoms with Gasteiger partial charge in [-0.15, -0.1) is 11.8 Å². The second-order valence-corrected chi connectivity index (χ2v) is 5.84. The van der Waals surface area contributed by atoms with Gasteiger partial charge in [-0.1, -0.05) is 6.07 Å². The maximum absolute atomic E-state index is 12.5. The molecule has 1 heterocycles. The van der Waals surface area contributed by atoms with Crippen molar-refractivity contribution in [2.24, 2.45) is 0 Å². The van der Waals surface area contributed by atoms with Crippen LogP contribution in [0.2, 0.25) is 0 Å². The molecule has 21 heavy (non-hydrogen) atoms. The van der Waals surface area contributed by atoms with Crippen molar-refractivity contribution in [2.45, 2.75) is 19.5 Å². The molecule has 6 heteroatoms. The van der Waals surface area contributed by atoms with E-state index in [4.69, 9.17) is 9.47 Å². The fourth-order valence-electron chi connectivity index (χ4n) is 2.32. The summed E-state index contributed by atoms with van der Waals surface area (Å²) >= 11 is 1.76.